The van der Waals surface area contributed by atoms with E-state index in [2.05, 4.69) is 10.2 Å². The normalized spacial score (nSPS) is 10.7. The lowest BCUT2D eigenvalue weighted by Crippen LogP contribution is -2.38. The number of rotatable bonds is 5. The van der Waals surface area contributed by atoms with E-state index in [0.717, 1.165) is 5.56 Å². The van der Waals surface area contributed by atoms with Gasteiger partial charge in [-0.1, -0.05) is 30.3 Å². The summed E-state index contributed by atoms with van der Waals surface area (Å²) in [5.74, 6) is -0.333. The third-order valence-corrected chi connectivity index (χ3v) is 2.03. The number of halogens is 1. The van der Waals surface area contributed by atoms with E-state index in [1.807, 2.05) is 30.3 Å². The second-order valence-electron chi connectivity index (χ2n) is 3.09. The maximum Gasteiger partial charge on any atom is 0.325 e. The van der Waals surface area contributed by atoms with Crippen molar-refractivity contribution in [2.75, 3.05) is 14.2 Å². The summed E-state index contributed by atoms with van der Waals surface area (Å²) in [7, 11) is 2.83. The average molecular weight is 354 g/mol. The molecule has 0 aromatic heterocycles. The van der Waals surface area contributed by atoms with E-state index in [0.29, 0.717) is 6.42 Å². The fourth-order valence-corrected chi connectivity index (χ4v) is 1.31. The zero-order valence-corrected chi connectivity index (χ0v) is 12.3. The monoisotopic (exact) mass is 354 g/mol. The maximum atomic E-state index is 11.3. The molecule has 0 radical (unpaired) electrons. The topological polar surface area (TPSA) is 82.6 Å². The Morgan fingerprint density at radius 1 is 1.29 bits per heavy atom. The van der Waals surface area contributed by atoms with Gasteiger partial charge in [-0.25, -0.2) is 0 Å². The van der Waals surface area contributed by atoms with Gasteiger partial charge in [0.15, 0.2) is 0 Å². The van der Waals surface area contributed by atoms with Gasteiger partial charge in [0.25, 0.3) is 0 Å². The number of hydrogen-bond donors (Lipinski definition) is 2. The van der Waals surface area contributed by atoms with E-state index in [1.165, 1.54) is 14.2 Å². The molecular formula is C11H19IN2O3. The second kappa shape index (κ2) is 10.5. The van der Waals surface area contributed by atoms with Gasteiger partial charge in [0.2, 0.25) is 0 Å². The molecule has 98 valence electrons. The predicted molar refractivity (Wildman–Crippen MR) is 76.5 cm³/mol. The Balaban J connectivity index is 0. The highest BCUT2D eigenvalue weighted by Crippen LogP contribution is 2.04. The zero-order chi connectivity index (χ0) is 11.1. The van der Waals surface area contributed by atoms with Crippen molar-refractivity contribution in [3.8, 4) is 0 Å². The van der Waals surface area contributed by atoms with E-state index >= 15 is 0 Å². The zero-order valence-electron chi connectivity index (χ0n) is 10.0. The summed E-state index contributed by atoms with van der Waals surface area (Å²) in [4.78, 5) is 16.1. The van der Waals surface area contributed by atoms with Crippen molar-refractivity contribution in [2.45, 2.75) is 12.5 Å². The molecular weight excluding hydrogens is 335 g/mol. The van der Waals surface area contributed by atoms with Gasteiger partial charge in [0.05, 0.1) is 14.2 Å². The first-order chi connectivity index (χ1) is 7.27. The molecule has 0 aliphatic carbocycles. The number of ether oxygens (including phenoxy) is 1. The quantitative estimate of drug-likeness (QED) is 0.478. The molecule has 6 heteroatoms. The number of carbonyl (C=O) groups excluding carboxylic acids is 1. The van der Waals surface area contributed by atoms with Crippen LogP contribution < -0.4 is 11.6 Å². The molecule has 0 spiro atoms. The van der Waals surface area contributed by atoms with Gasteiger partial charge in [0.1, 0.15) is 6.04 Å². The lowest BCUT2D eigenvalue weighted by atomic mass is 10.1. The Bertz CT molecular complexity index is 309. The molecule has 0 fully saturated rings. The highest BCUT2D eigenvalue weighted by atomic mass is 127. The Morgan fingerprint density at radius 3 is 2.35 bits per heavy atom. The average Bonchev–Trinajstić information content (AvgIpc) is 2.29. The van der Waals surface area contributed by atoms with Crippen LogP contribution in [0.25, 0.3) is 0 Å². The molecule has 0 saturated heterocycles. The van der Waals surface area contributed by atoms with Crippen LogP contribution in [0, 0.1) is 0 Å². The molecule has 0 saturated carbocycles. The van der Waals surface area contributed by atoms with Gasteiger partial charge in [-0.15, -0.1) is 24.0 Å². The highest BCUT2D eigenvalue weighted by Gasteiger charge is 2.18. The van der Waals surface area contributed by atoms with Crippen LogP contribution in [0.2, 0.25) is 0 Å². The third-order valence-electron chi connectivity index (χ3n) is 2.03. The summed E-state index contributed by atoms with van der Waals surface area (Å²) in [5, 5.41) is 0. The molecule has 1 aromatic rings. The van der Waals surface area contributed by atoms with Crippen molar-refractivity contribution in [1.29, 1.82) is 0 Å². The Hall–Kier alpha value is -0.700. The molecule has 1 aromatic carbocycles. The molecule has 5 nitrogen and oxygen atoms in total. The molecule has 1 unspecified atom stereocenters. The van der Waals surface area contributed by atoms with Crippen LogP contribution in [0.1, 0.15) is 5.56 Å². The van der Waals surface area contributed by atoms with Gasteiger partial charge in [-0.05, 0) is 5.56 Å². The van der Waals surface area contributed by atoms with Crippen molar-refractivity contribution in [3.63, 3.8) is 0 Å². The van der Waals surface area contributed by atoms with Crippen molar-refractivity contribution in [3.05, 3.63) is 35.9 Å². The fourth-order valence-electron chi connectivity index (χ4n) is 1.31. The minimum atomic E-state index is -0.470. The maximum absolute atomic E-state index is 11.3. The van der Waals surface area contributed by atoms with Gasteiger partial charge in [-0.3, -0.25) is 4.79 Å². The standard InChI is InChI=1S/C11H15NO3.HI.H3N/c1-14-11(13)10(12-15-2)8-9-6-4-3-5-7-9;;/h3-7,10,12H,8H2,1-2H3;1H;1H3. The molecule has 0 amide bonds. The van der Waals surface area contributed by atoms with Crippen LogP contribution in [-0.4, -0.2) is 26.2 Å². The number of nitrogens with one attached hydrogen (secondary N) is 1. The number of carbonyl (C=O) groups is 1. The van der Waals surface area contributed by atoms with Crippen molar-refractivity contribution in [2.24, 2.45) is 0 Å². The number of benzene rings is 1. The van der Waals surface area contributed by atoms with Crippen molar-refractivity contribution >= 4 is 29.9 Å². The molecule has 1 atom stereocenters. The van der Waals surface area contributed by atoms with Crippen LogP contribution in [-0.2, 0) is 20.8 Å². The fraction of sp³-hybridized carbons (Fsp3) is 0.364. The molecule has 0 bridgehead atoms. The smallest absolute Gasteiger partial charge is 0.325 e. The predicted octanol–water partition coefficient (Wildman–Crippen LogP) is 1.70. The summed E-state index contributed by atoms with van der Waals surface area (Å²) in [6.45, 7) is 0. The highest BCUT2D eigenvalue weighted by molar-refractivity contribution is 14.0. The Kier molecular flexibility index (Phi) is 11.5. The van der Waals surface area contributed by atoms with Crippen LogP contribution in [0.15, 0.2) is 30.3 Å². The van der Waals surface area contributed by atoms with Gasteiger partial charge in [-0.2, -0.15) is 5.48 Å². The van der Waals surface area contributed by atoms with Crippen LogP contribution in [0.3, 0.4) is 0 Å². The molecule has 0 aliphatic rings. The van der Waals surface area contributed by atoms with Gasteiger partial charge >= 0.3 is 5.97 Å². The van der Waals surface area contributed by atoms with Crippen molar-refractivity contribution in [1.82, 2.24) is 11.6 Å². The number of hydroxylamine groups is 1. The third kappa shape index (κ3) is 6.57. The SMILES string of the molecule is CONC(Cc1ccccc1)C(=O)OC.I.N. The largest absolute Gasteiger partial charge is 0.468 e. The van der Waals surface area contributed by atoms with E-state index in [4.69, 9.17) is 4.84 Å². The van der Waals surface area contributed by atoms with E-state index in [9.17, 15) is 4.79 Å². The first-order valence-electron chi connectivity index (χ1n) is 4.68. The first-order valence-corrected chi connectivity index (χ1v) is 4.68. The summed E-state index contributed by atoms with van der Waals surface area (Å²) < 4.78 is 4.66. The van der Waals surface area contributed by atoms with Gasteiger partial charge in [0, 0.05) is 6.42 Å². The Labute approximate surface area is 118 Å². The summed E-state index contributed by atoms with van der Waals surface area (Å²) in [6, 6.07) is 9.22. The first kappa shape index (κ1) is 18.7. The van der Waals surface area contributed by atoms with Crippen LogP contribution >= 0.6 is 24.0 Å². The second-order valence-corrected chi connectivity index (χ2v) is 3.09. The molecule has 0 heterocycles. The minimum absolute atomic E-state index is 0. The van der Waals surface area contributed by atoms with Crippen molar-refractivity contribution < 1.29 is 14.4 Å². The van der Waals surface area contributed by atoms with Crippen LogP contribution in [0.5, 0.6) is 0 Å². The summed E-state index contributed by atoms with van der Waals surface area (Å²) in [6.07, 6.45) is 0.543. The molecule has 0 aliphatic heterocycles. The van der Waals surface area contributed by atoms with Gasteiger partial charge < -0.3 is 15.7 Å². The molecule has 17 heavy (non-hydrogen) atoms. The lowest BCUT2D eigenvalue weighted by Gasteiger charge is -2.14. The number of hydrogen-bond acceptors (Lipinski definition) is 5. The summed E-state index contributed by atoms with van der Waals surface area (Å²) >= 11 is 0. The lowest BCUT2D eigenvalue weighted by molar-refractivity contribution is -0.146. The molecule has 4 N–H and O–H groups in total. The number of methoxy groups -OCH3 is 1. The minimum Gasteiger partial charge on any atom is -0.468 e. The van der Waals surface area contributed by atoms with E-state index in [1.54, 1.807) is 0 Å². The van der Waals surface area contributed by atoms with Crippen LogP contribution in [0.4, 0.5) is 0 Å². The molecule has 1 rings (SSSR count). The number of esters is 1. The summed E-state index contributed by atoms with van der Waals surface area (Å²) in [5.41, 5.74) is 3.66. The van der Waals surface area contributed by atoms with E-state index < -0.39 is 6.04 Å². The Morgan fingerprint density at radius 2 is 1.88 bits per heavy atom. The van der Waals surface area contributed by atoms with E-state index in [-0.39, 0.29) is 36.1 Å².